The zero-order chi connectivity index (χ0) is 11.3. The molecule has 0 aliphatic heterocycles. The molecule has 1 rings (SSSR count). The van der Waals surface area contributed by atoms with Gasteiger partial charge in [0.25, 0.3) is 0 Å². The Morgan fingerprint density at radius 3 is 2.87 bits per heavy atom. The van der Waals surface area contributed by atoms with Gasteiger partial charge in [-0.2, -0.15) is 5.26 Å². The third-order valence-corrected chi connectivity index (χ3v) is 1.99. The molecular weight excluding hydrogens is 190 g/mol. The van der Waals surface area contributed by atoms with E-state index in [1.165, 1.54) is 0 Å². The van der Waals surface area contributed by atoms with E-state index < -0.39 is 5.97 Å². The highest BCUT2D eigenvalue weighted by Crippen LogP contribution is 2.12. The highest BCUT2D eigenvalue weighted by molar-refractivity contribution is 5.70. The molecule has 0 spiro atoms. The summed E-state index contributed by atoms with van der Waals surface area (Å²) in [5, 5.41) is 17.1. The van der Waals surface area contributed by atoms with Crippen molar-refractivity contribution in [3.8, 4) is 6.07 Å². The maximum Gasteiger partial charge on any atom is 0.307 e. The summed E-state index contributed by atoms with van der Waals surface area (Å²) in [5.74, 6) is -0.849. The Balaban J connectivity index is 2.83. The molecule has 0 unspecified atom stereocenters. The number of hydrogen-bond acceptors (Lipinski definition) is 2. The molecule has 0 aromatic heterocycles. The molecule has 0 fully saturated rings. The third-order valence-electron chi connectivity index (χ3n) is 1.99. The number of carboxylic acids is 1. The summed E-state index contributed by atoms with van der Waals surface area (Å²) >= 11 is 0. The Hall–Kier alpha value is -2.08. The van der Waals surface area contributed by atoms with Crippen LogP contribution in [0.3, 0.4) is 0 Å². The normalized spacial score (nSPS) is 10.1. The number of nitriles is 1. The summed E-state index contributed by atoms with van der Waals surface area (Å²) < 4.78 is 0. The van der Waals surface area contributed by atoms with Crippen molar-refractivity contribution in [3.63, 3.8) is 0 Å². The molecule has 15 heavy (non-hydrogen) atoms. The van der Waals surface area contributed by atoms with Gasteiger partial charge in [-0.3, -0.25) is 4.79 Å². The van der Waals surface area contributed by atoms with Crippen LogP contribution in [0.25, 0.3) is 6.08 Å². The third kappa shape index (κ3) is 3.28. The first-order valence-electron chi connectivity index (χ1n) is 4.52. The van der Waals surface area contributed by atoms with Crippen molar-refractivity contribution < 1.29 is 9.90 Å². The van der Waals surface area contributed by atoms with Crippen molar-refractivity contribution >= 4 is 12.0 Å². The lowest BCUT2D eigenvalue weighted by atomic mass is 10.1. The fraction of sp³-hybridized carbons (Fsp3) is 0.167. The average Bonchev–Trinajstić information content (AvgIpc) is 2.20. The predicted octanol–water partition coefficient (Wildman–Crippen LogP) is 2.35. The first-order valence-corrected chi connectivity index (χ1v) is 4.52. The lowest BCUT2D eigenvalue weighted by Gasteiger charge is -1.99. The lowest BCUT2D eigenvalue weighted by molar-refractivity contribution is -0.135. The van der Waals surface area contributed by atoms with Gasteiger partial charge in [-0.15, -0.1) is 0 Å². The van der Waals surface area contributed by atoms with Crippen LogP contribution in [0.5, 0.6) is 0 Å². The van der Waals surface area contributed by atoms with Crippen LogP contribution in [-0.4, -0.2) is 11.1 Å². The molecule has 0 saturated carbocycles. The molecule has 0 aliphatic rings. The summed E-state index contributed by atoms with van der Waals surface area (Å²) in [4.78, 5) is 10.3. The number of aliphatic carboxylic acids is 1. The van der Waals surface area contributed by atoms with Crippen molar-refractivity contribution in [1.29, 1.82) is 5.26 Å². The number of carboxylic acid groups (broad SMARTS) is 1. The maximum absolute atomic E-state index is 10.3. The number of aryl methyl sites for hydroxylation is 1. The summed E-state index contributed by atoms with van der Waals surface area (Å²) in [6, 6.07) is 7.36. The van der Waals surface area contributed by atoms with E-state index in [9.17, 15) is 4.79 Å². The molecule has 0 amide bonds. The minimum absolute atomic E-state index is 0.0133. The smallest absolute Gasteiger partial charge is 0.307 e. The van der Waals surface area contributed by atoms with Gasteiger partial charge in [0.2, 0.25) is 0 Å². The second-order valence-corrected chi connectivity index (χ2v) is 3.18. The second-order valence-electron chi connectivity index (χ2n) is 3.18. The van der Waals surface area contributed by atoms with Crippen LogP contribution >= 0.6 is 0 Å². The number of hydrogen-bond donors (Lipinski definition) is 1. The van der Waals surface area contributed by atoms with Crippen molar-refractivity contribution in [2.24, 2.45) is 0 Å². The Bertz CT molecular complexity index is 441. The molecule has 3 nitrogen and oxygen atoms in total. The zero-order valence-electron chi connectivity index (χ0n) is 8.40. The SMILES string of the molecule is Cc1cc(C#N)ccc1C=CCC(=O)O. The number of nitrogens with zero attached hydrogens (tertiary/aromatic N) is 1. The lowest BCUT2D eigenvalue weighted by Crippen LogP contribution is -1.90. The number of carbonyl (C=O) groups is 1. The van der Waals surface area contributed by atoms with Crippen LogP contribution in [0.15, 0.2) is 24.3 Å². The number of rotatable bonds is 3. The molecule has 1 N–H and O–H groups in total. The predicted molar refractivity (Wildman–Crippen MR) is 57.2 cm³/mol. The highest BCUT2D eigenvalue weighted by Gasteiger charge is 1.96. The van der Waals surface area contributed by atoms with Gasteiger partial charge in [-0.1, -0.05) is 18.2 Å². The zero-order valence-corrected chi connectivity index (χ0v) is 8.40. The fourth-order valence-electron chi connectivity index (χ4n) is 1.22. The first kappa shape index (κ1) is 11.0. The van der Waals surface area contributed by atoms with E-state index in [2.05, 4.69) is 6.07 Å². The second kappa shape index (κ2) is 4.97. The molecule has 0 atom stereocenters. The van der Waals surface area contributed by atoms with Crippen LogP contribution < -0.4 is 0 Å². The van der Waals surface area contributed by atoms with Gasteiger partial charge < -0.3 is 5.11 Å². The van der Waals surface area contributed by atoms with E-state index in [0.717, 1.165) is 11.1 Å². The Labute approximate surface area is 88.3 Å². The molecule has 0 heterocycles. The number of benzene rings is 1. The molecule has 0 saturated heterocycles. The minimum atomic E-state index is -0.849. The minimum Gasteiger partial charge on any atom is -0.481 e. The quantitative estimate of drug-likeness (QED) is 0.816. The fourth-order valence-corrected chi connectivity index (χ4v) is 1.22. The summed E-state index contributed by atoms with van der Waals surface area (Å²) in [6.07, 6.45) is 3.36. The van der Waals surface area contributed by atoms with Gasteiger partial charge in [-0.05, 0) is 30.2 Å². The van der Waals surface area contributed by atoms with Crippen molar-refractivity contribution in [2.75, 3.05) is 0 Å². The van der Waals surface area contributed by atoms with Crippen molar-refractivity contribution in [2.45, 2.75) is 13.3 Å². The first-order chi connectivity index (χ1) is 7.13. The largest absolute Gasteiger partial charge is 0.481 e. The van der Waals surface area contributed by atoms with Crippen LogP contribution in [0.1, 0.15) is 23.1 Å². The van der Waals surface area contributed by atoms with Gasteiger partial charge in [0.05, 0.1) is 18.1 Å². The highest BCUT2D eigenvalue weighted by atomic mass is 16.4. The molecule has 0 aliphatic carbocycles. The van der Waals surface area contributed by atoms with E-state index in [4.69, 9.17) is 10.4 Å². The standard InChI is InChI=1S/C12H11NO2/c1-9-7-10(8-13)5-6-11(9)3-2-4-12(14)15/h2-3,5-7H,4H2,1H3,(H,14,15). The Kier molecular flexibility index (Phi) is 3.64. The van der Waals surface area contributed by atoms with Gasteiger partial charge in [0.1, 0.15) is 0 Å². The van der Waals surface area contributed by atoms with E-state index >= 15 is 0 Å². The Morgan fingerprint density at radius 1 is 1.60 bits per heavy atom. The van der Waals surface area contributed by atoms with E-state index in [0.29, 0.717) is 5.56 Å². The molecular formula is C12H11NO2. The van der Waals surface area contributed by atoms with Gasteiger partial charge in [0, 0.05) is 0 Å². The summed E-state index contributed by atoms with van der Waals surface area (Å²) in [7, 11) is 0. The molecule has 0 bridgehead atoms. The van der Waals surface area contributed by atoms with E-state index in [-0.39, 0.29) is 6.42 Å². The molecule has 1 aromatic rings. The Morgan fingerprint density at radius 2 is 2.33 bits per heavy atom. The molecule has 3 heteroatoms. The monoisotopic (exact) mass is 201 g/mol. The van der Waals surface area contributed by atoms with E-state index in [1.54, 1.807) is 24.3 Å². The molecule has 76 valence electrons. The van der Waals surface area contributed by atoms with Crippen LogP contribution in [0, 0.1) is 18.3 Å². The van der Waals surface area contributed by atoms with Crippen LogP contribution in [-0.2, 0) is 4.79 Å². The van der Waals surface area contributed by atoms with Crippen LogP contribution in [0.2, 0.25) is 0 Å². The van der Waals surface area contributed by atoms with Gasteiger partial charge in [0.15, 0.2) is 0 Å². The molecule has 1 aromatic carbocycles. The molecule has 0 radical (unpaired) electrons. The van der Waals surface area contributed by atoms with Crippen molar-refractivity contribution in [1.82, 2.24) is 0 Å². The van der Waals surface area contributed by atoms with E-state index in [1.807, 2.05) is 13.0 Å². The van der Waals surface area contributed by atoms with Gasteiger partial charge >= 0.3 is 5.97 Å². The van der Waals surface area contributed by atoms with Gasteiger partial charge in [-0.25, -0.2) is 0 Å². The maximum atomic E-state index is 10.3. The summed E-state index contributed by atoms with van der Waals surface area (Å²) in [6.45, 7) is 1.89. The van der Waals surface area contributed by atoms with Crippen LogP contribution in [0.4, 0.5) is 0 Å². The topological polar surface area (TPSA) is 61.1 Å². The van der Waals surface area contributed by atoms with Crippen molar-refractivity contribution in [3.05, 3.63) is 41.0 Å². The average molecular weight is 201 g/mol. The summed E-state index contributed by atoms with van der Waals surface area (Å²) in [5.41, 5.74) is 2.52.